The fraction of sp³-hybridized carbons (Fsp3) is 0.333. The van der Waals surface area contributed by atoms with E-state index in [0.29, 0.717) is 23.7 Å². The third-order valence-corrected chi connectivity index (χ3v) is 5.11. The molecule has 0 bridgehead atoms. The molecule has 2 aromatic rings. The minimum Gasteiger partial charge on any atom is -0.489 e. The second-order valence-corrected chi connectivity index (χ2v) is 7.21. The van der Waals surface area contributed by atoms with Crippen LogP contribution in [0.5, 0.6) is 11.5 Å². The van der Waals surface area contributed by atoms with Crippen LogP contribution in [0.4, 0.5) is 15.8 Å². The van der Waals surface area contributed by atoms with Crippen molar-refractivity contribution in [3.63, 3.8) is 0 Å². The van der Waals surface area contributed by atoms with Crippen LogP contribution in [0.2, 0.25) is 0 Å². The van der Waals surface area contributed by atoms with Gasteiger partial charge in [-0.15, -0.1) is 0 Å². The quantitative estimate of drug-likeness (QED) is 0.825. The summed E-state index contributed by atoms with van der Waals surface area (Å²) in [5.41, 5.74) is 3.20. The van der Waals surface area contributed by atoms with Gasteiger partial charge in [0.1, 0.15) is 23.9 Å². The summed E-state index contributed by atoms with van der Waals surface area (Å²) in [6.45, 7) is 2.66. The number of carbonyl (C=O) groups excluding carboxylic acids is 2. The van der Waals surface area contributed by atoms with E-state index < -0.39 is 0 Å². The normalized spacial score (nSPS) is 17.4. The Labute approximate surface area is 167 Å². The van der Waals surface area contributed by atoms with Crippen molar-refractivity contribution in [2.24, 2.45) is 0 Å². The molecule has 7 nitrogen and oxygen atoms in total. The SMILES string of the molecule is CNC(=O)CC1COc2cc(F)ccc2N1Cc1cc(C)c2c(c1)NC(=O)CO2. The predicted molar refractivity (Wildman–Crippen MR) is 106 cm³/mol. The van der Waals surface area contributed by atoms with Crippen molar-refractivity contribution in [1.29, 1.82) is 0 Å². The van der Waals surface area contributed by atoms with Crippen LogP contribution in [0.25, 0.3) is 0 Å². The van der Waals surface area contributed by atoms with Gasteiger partial charge in [-0.05, 0) is 36.2 Å². The van der Waals surface area contributed by atoms with E-state index in [4.69, 9.17) is 9.47 Å². The Morgan fingerprint density at radius 3 is 2.93 bits per heavy atom. The molecule has 0 spiro atoms. The second kappa shape index (κ2) is 7.62. The molecule has 0 fully saturated rings. The van der Waals surface area contributed by atoms with Crippen molar-refractivity contribution in [3.05, 3.63) is 47.3 Å². The standard InChI is InChI=1S/C21H22FN3O4/c1-12-5-13(6-16-21(12)29-11-20(27)24-16)9-25-15(8-19(26)23-2)10-28-18-7-14(22)3-4-17(18)25/h3-7,15H,8-11H2,1-2H3,(H,23,26)(H,24,27). The summed E-state index contributed by atoms with van der Waals surface area (Å²) < 4.78 is 24.9. The van der Waals surface area contributed by atoms with E-state index in [1.165, 1.54) is 12.1 Å². The molecule has 152 valence electrons. The van der Waals surface area contributed by atoms with Crippen LogP contribution in [-0.4, -0.2) is 38.1 Å². The highest BCUT2D eigenvalue weighted by molar-refractivity contribution is 5.95. The first kappa shape index (κ1) is 19.0. The first-order valence-corrected chi connectivity index (χ1v) is 9.40. The molecule has 8 heteroatoms. The van der Waals surface area contributed by atoms with Gasteiger partial charge in [-0.1, -0.05) is 6.07 Å². The molecule has 2 N–H and O–H groups in total. The number of ether oxygens (including phenoxy) is 2. The molecule has 2 aliphatic rings. The van der Waals surface area contributed by atoms with Crippen LogP contribution in [-0.2, 0) is 16.1 Å². The van der Waals surface area contributed by atoms with Gasteiger partial charge < -0.3 is 25.0 Å². The number of anilines is 2. The van der Waals surface area contributed by atoms with Gasteiger partial charge in [0, 0.05) is 19.7 Å². The maximum absolute atomic E-state index is 13.7. The molecule has 0 saturated heterocycles. The molecule has 2 aliphatic heterocycles. The second-order valence-electron chi connectivity index (χ2n) is 7.21. The summed E-state index contributed by atoms with van der Waals surface area (Å²) >= 11 is 0. The largest absolute Gasteiger partial charge is 0.489 e. The third kappa shape index (κ3) is 3.83. The smallest absolute Gasteiger partial charge is 0.262 e. The minimum absolute atomic E-state index is 0.00376. The van der Waals surface area contributed by atoms with Crippen LogP contribution in [0, 0.1) is 12.7 Å². The van der Waals surface area contributed by atoms with Crippen LogP contribution in [0.3, 0.4) is 0 Å². The summed E-state index contributed by atoms with van der Waals surface area (Å²) in [7, 11) is 1.59. The number of hydrogen-bond acceptors (Lipinski definition) is 5. The van der Waals surface area contributed by atoms with Crippen LogP contribution in [0.1, 0.15) is 17.5 Å². The molecule has 1 atom stereocenters. The monoisotopic (exact) mass is 399 g/mol. The zero-order valence-corrected chi connectivity index (χ0v) is 16.3. The first-order chi connectivity index (χ1) is 13.9. The van der Waals surface area contributed by atoms with E-state index >= 15 is 0 Å². The zero-order chi connectivity index (χ0) is 20.5. The zero-order valence-electron chi connectivity index (χ0n) is 16.3. The number of nitrogens with zero attached hydrogens (tertiary/aromatic N) is 1. The van der Waals surface area contributed by atoms with Crippen molar-refractivity contribution in [2.45, 2.75) is 25.9 Å². The Balaban J connectivity index is 1.69. The van der Waals surface area contributed by atoms with E-state index in [0.717, 1.165) is 16.8 Å². The Morgan fingerprint density at radius 2 is 2.14 bits per heavy atom. The van der Waals surface area contributed by atoms with E-state index in [1.54, 1.807) is 13.1 Å². The molecule has 1 unspecified atom stereocenters. The highest BCUT2D eigenvalue weighted by Gasteiger charge is 2.30. The highest BCUT2D eigenvalue weighted by Crippen LogP contribution is 2.38. The summed E-state index contributed by atoms with van der Waals surface area (Å²) in [6.07, 6.45) is 0.247. The van der Waals surface area contributed by atoms with Crippen molar-refractivity contribution in [1.82, 2.24) is 5.32 Å². The van der Waals surface area contributed by atoms with Gasteiger partial charge in [0.25, 0.3) is 5.91 Å². The summed E-state index contributed by atoms with van der Waals surface area (Å²) in [5, 5.41) is 5.48. The number of benzene rings is 2. The Bertz CT molecular complexity index is 979. The average Bonchev–Trinajstić information content (AvgIpc) is 2.69. The van der Waals surface area contributed by atoms with Gasteiger partial charge >= 0.3 is 0 Å². The van der Waals surface area contributed by atoms with Gasteiger partial charge in [0.05, 0.1) is 23.8 Å². The van der Waals surface area contributed by atoms with Crippen molar-refractivity contribution in [2.75, 3.05) is 30.5 Å². The van der Waals surface area contributed by atoms with Gasteiger partial charge in [-0.25, -0.2) is 4.39 Å². The first-order valence-electron chi connectivity index (χ1n) is 9.40. The molecule has 29 heavy (non-hydrogen) atoms. The van der Waals surface area contributed by atoms with E-state index in [-0.39, 0.29) is 43.3 Å². The Kier molecular flexibility index (Phi) is 5.00. The molecular formula is C21H22FN3O4. The fourth-order valence-electron chi connectivity index (χ4n) is 3.76. The number of fused-ring (bicyclic) bond motifs is 2. The molecule has 0 radical (unpaired) electrons. The lowest BCUT2D eigenvalue weighted by Crippen LogP contribution is -2.45. The predicted octanol–water partition coefficient (Wildman–Crippen LogP) is 2.37. The minimum atomic E-state index is -0.377. The molecule has 0 aromatic heterocycles. The maximum atomic E-state index is 13.7. The number of rotatable bonds is 4. The molecular weight excluding hydrogens is 377 g/mol. The van der Waals surface area contributed by atoms with E-state index in [2.05, 4.69) is 10.6 Å². The van der Waals surface area contributed by atoms with Crippen LogP contribution >= 0.6 is 0 Å². The van der Waals surface area contributed by atoms with Crippen molar-refractivity contribution in [3.8, 4) is 11.5 Å². The maximum Gasteiger partial charge on any atom is 0.262 e. The van der Waals surface area contributed by atoms with Gasteiger partial charge in [0.15, 0.2) is 6.61 Å². The van der Waals surface area contributed by atoms with Crippen LogP contribution in [0.15, 0.2) is 30.3 Å². The summed E-state index contributed by atoms with van der Waals surface area (Å²) in [5.74, 6) is 0.442. The summed E-state index contributed by atoms with van der Waals surface area (Å²) in [4.78, 5) is 25.7. The lowest BCUT2D eigenvalue weighted by atomic mass is 10.0. The number of hydrogen-bond donors (Lipinski definition) is 2. The van der Waals surface area contributed by atoms with Crippen molar-refractivity contribution < 1.29 is 23.5 Å². The average molecular weight is 399 g/mol. The van der Waals surface area contributed by atoms with Gasteiger partial charge in [-0.3, -0.25) is 9.59 Å². The highest BCUT2D eigenvalue weighted by atomic mass is 19.1. The topological polar surface area (TPSA) is 79.9 Å². The number of aryl methyl sites for hydroxylation is 1. The molecule has 0 aliphatic carbocycles. The Hall–Kier alpha value is -3.29. The lowest BCUT2D eigenvalue weighted by Gasteiger charge is -2.38. The number of amides is 2. The molecule has 0 saturated carbocycles. The van der Waals surface area contributed by atoms with Gasteiger partial charge in [0.2, 0.25) is 5.91 Å². The fourth-order valence-corrected chi connectivity index (χ4v) is 3.76. The molecule has 2 aromatic carbocycles. The lowest BCUT2D eigenvalue weighted by molar-refractivity contribution is -0.121. The van der Waals surface area contributed by atoms with Gasteiger partial charge in [-0.2, -0.15) is 0 Å². The van der Waals surface area contributed by atoms with E-state index in [9.17, 15) is 14.0 Å². The molecule has 2 heterocycles. The third-order valence-electron chi connectivity index (χ3n) is 5.11. The van der Waals surface area contributed by atoms with Crippen LogP contribution < -0.4 is 25.0 Å². The summed E-state index contributed by atoms with van der Waals surface area (Å²) in [6, 6.07) is 8.04. The molecule has 2 amide bonds. The number of halogens is 1. The van der Waals surface area contributed by atoms with E-state index in [1.807, 2.05) is 24.0 Å². The Morgan fingerprint density at radius 1 is 1.31 bits per heavy atom. The molecule has 4 rings (SSSR count). The number of nitrogens with one attached hydrogen (secondary N) is 2. The van der Waals surface area contributed by atoms with Crippen molar-refractivity contribution >= 4 is 23.2 Å². The number of carbonyl (C=O) groups is 2.